The molecular formula is C8H6N4O2S. The van der Waals surface area contributed by atoms with Gasteiger partial charge in [-0.15, -0.1) is 0 Å². The SMILES string of the molecule is C1=C(c2ccsn2)ON(c2ccon2)N1. The molecule has 0 fully saturated rings. The van der Waals surface area contributed by atoms with Crippen molar-refractivity contribution in [2.45, 2.75) is 0 Å². The maximum absolute atomic E-state index is 5.46. The fourth-order valence-corrected chi connectivity index (χ4v) is 1.67. The van der Waals surface area contributed by atoms with Gasteiger partial charge in [0.25, 0.3) is 0 Å². The molecule has 0 amide bonds. The smallest absolute Gasteiger partial charge is 0.230 e. The van der Waals surface area contributed by atoms with Gasteiger partial charge in [0.2, 0.25) is 11.6 Å². The Balaban J connectivity index is 1.78. The molecule has 0 atom stereocenters. The van der Waals surface area contributed by atoms with Crippen molar-refractivity contribution in [2.24, 2.45) is 0 Å². The highest BCUT2D eigenvalue weighted by molar-refractivity contribution is 7.03. The minimum absolute atomic E-state index is 0.552. The number of hydrogen-bond acceptors (Lipinski definition) is 7. The van der Waals surface area contributed by atoms with Crippen molar-refractivity contribution in [1.29, 1.82) is 0 Å². The molecule has 2 aromatic heterocycles. The van der Waals surface area contributed by atoms with Gasteiger partial charge in [-0.1, -0.05) is 10.3 Å². The maximum atomic E-state index is 5.46. The Hall–Kier alpha value is -2.02. The van der Waals surface area contributed by atoms with Gasteiger partial charge in [-0.2, -0.15) is 4.37 Å². The number of nitrogens with zero attached hydrogens (tertiary/aromatic N) is 3. The third-order valence-corrected chi connectivity index (χ3v) is 2.38. The molecule has 0 unspecified atom stereocenters. The van der Waals surface area contributed by atoms with E-state index in [2.05, 4.69) is 15.0 Å². The second-order valence-corrected chi connectivity index (χ2v) is 3.43. The van der Waals surface area contributed by atoms with E-state index in [0.717, 1.165) is 5.69 Å². The number of hydrogen-bond donors (Lipinski definition) is 1. The Morgan fingerprint density at radius 1 is 1.40 bits per heavy atom. The number of anilines is 1. The largest absolute Gasteiger partial charge is 0.362 e. The first kappa shape index (κ1) is 8.30. The monoisotopic (exact) mass is 222 g/mol. The van der Waals surface area contributed by atoms with Crippen molar-refractivity contribution < 1.29 is 9.36 Å². The molecule has 0 aromatic carbocycles. The summed E-state index contributed by atoms with van der Waals surface area (Å²) in [6.45, 7) is 0. The van der Waals surface area contributed by atoms with Crippen LogP contribution in [0.5, 0.6) is 0 Å². The summed E-state index contributed by atoms with van der Waals surface area (Å²) in [6.07, 6.45) is 3.19. The van der Waals surface area contributed by atoms with Gasteiger partial charge in [-0.3, -0.25) is 5.43 Å². The van der Waals surface area contributed by atoms with Crippen molar-refractivity contribution in [3.05, 3.63) is 35.7 Å². The molecule has 15 heavy (non-hydrogen) atoms. The van der Waals surface area contributed by atoms with Crippen LogP contribution in [0.25, 0.3) is 5.76 Å². The van der Waals surface area contributed by atoms with Crippen molar-refractivity contribution >= 4 is 23.1 Å². The predicted octanol–water partition coefficient (Wildman–Crippen LogP) is 1.39. The molecule has 0 saturated carbocycles. The zero-order valence-corrected chi connectivity index (χ0v) is 8.27. The van der Waals surface area contributed by atoms with Crippen LogP contribution in [0.1, 0.15) is 5.69 Å². The molecule has 1 aliphatic heterocycles. The molecule has 3 heterocycles. The fraction of sp³-hybridized carbons (Fsp3) is 0. The number of nitrogens with one attached hydrogen (secondary N) is 1. The van der Waals surface area contributed by atoms with Crippen LogP contribution in [0.15, 0.2) is 34.5 Å². The first-order chi connectivity index (χ1) is 7.43. The van der Waals surface area contributed by atoms with E-state index in [1.54, 1.807) is 12.3 Å². The van der Waals surface area contributed by atoms with Crippen LogP contribution >= 0.6 is 11.5 Å². The Morgan fingerprint density at radius 2 is 2.40 bits per heavy atom. The van der Waals surface area contributed by atoms with Crippen molar-refractivity contribution in [1.82, 2.24) is 15.0 Å². The zero-order valence-electron chi connectivity index (χ0n) is 7.45. The molecule has 0 bridgehead atoms. The highest BCUT2D eigenvalue weighted by Gasteiger charge is 2.20. The van der Waals surface area contributed by atoms with Gasteiger partial charge in [-0.05, 0) is 17.6 Å². The molecular weight excluding hydrogens is 216 g/mol. The second kappa shape index (κ2) is 3.28. The highest BCUT2D eigenvalue weighted by atomic mass is 32.1. The zero-order chi connectivity index (χ0) is 10.1. The topological polar surface area (TPSA) is 63.4 Å². The lowest BCUT2D eigenvalue weighted by molar-refractivity contribution is 0.234. The summed E-state index contributed by atoms with van der Waals surface area (Å²) < 4.78 is 8.86. The van der Waals surface area contributed by atoms with Gasteiger partial charge in [-0.25, -0.2) is 0 Å². The molecule has 2 aromatic rings. The molecule has 0 aliphatic carbocycles. The molecule has 0 radical (unpaired) electrons. The lowest BCUT2D eigenvalue weighted by Crippen LogP contribution is -2.28. The summed E-state index contributed by atoms with van der Waals surface area (Å²) >= 11 is 1.37. The summed E-state index contributed by atoms with van der Waals surface area (Å²) in [7, 11) is 0. The van der Waals surface area contributed by atoms with E-state index >= 15 is 0 Å². The Labute approximate surface area is 88.8 Å². The third kappa shape index (κ3) is 1.42. The normalized spacial score (nSPS) is 14.7. The van der Waals surface area contributed by atoms with E-state index in [0.29, 0.717) is 11.6 Å². The van der Waals surface area contributed by atoms with Crippen LogP contribution in [-0.2, 0) is 4.84 Å². The first-order valence-electron chi connectivity index (χ1n) is 4.19. The lowest BCUT2D eigenvalue weighted by Gasteiger charge is -2.12. The molecule has 1 aliphatic rings. The van der Waals surface area contributed by atoms with E-state index in [-0.39, 0.29) is 0 Å². The van der Waals surface area contributed by atoms with Gasteiger partial charge in [0.05, 0.1) is 6.20 Å². The summed E-state index contributed by atoms with van der Waals surface area (Å²) in [6, 6.07) is 3.56. The minimum Gasteiger partial charge on any atom is -0.362 e. The summed E-state index contributed by atoms with van der Waals surface area (Å²) in [4.78, 5) is 5.46. The molecule has 0 spiro atoms. The van der Waals surface area contributed by atoms with Gasteiger partial charge in [0.1, 0.15) is 12.0 Å². The molecule has 7 heteroatoms. The molecule has 3 rings (SSSR count). The van der Waals surface area contributed by atoms with Crippen LogP contribution < -0.4 is 10.6 Å². The Kier molecular flexibility index (Phi) is 1.82. The van der Waals surface area contributed by atoms with Gasteiger partial charge in [0.15, 0.2) is 0 Å². The number of hydrazine groups is 1. The minimum atomic E-state index is 0.552. The molecule has 0 saturated heterocycles. The third-order valence-electron chi connectivity index (χ3n) is 1.83. The van der Waals surface area contributed by atoms with Crippen LogP contribution in [0.4, 0.5) is 5.82 Å². The fourth-order valence-electron chi connectivity index (χ4n) is 1.15. The van der Waals surface area contributed by atoms with Crippen molar-refractivity contribution in [3.8, 4) is 0 Å². The van der Waals surface area contributed by atoms with E-state index in [1.165, 1.54) is 23.0 Å². The predicted molar refractivity (Wildman–Crippen MR) is 53.3 cm³/mol. The molecule has 76 valence electrons. The second-order valence-electron chi connectivity index (χ2n) is 2.77. The Bertz CT molecular complexity index is 465. The average molecular weight is 222 g/mol. The van der Waals surface area contributed by atoms with Crippen LogP contribution in [0.2, 0.25) is 0 Å². The van der Waals surface area contributed by atoms with E-state index in [9.17, 15) is 0 Å². The van der Waals surface area contributed by atoms with E-state index in [1.807, 2.05) is 11.4 Å². The number of rotatable bonds is 2. The van der Waals surface area contributed by atoms with E-state index in [4.69, 9.17) is 9.36 Å². The average Bonchev–Trinajstić information content (AvgIpc) is 3.02. The summed E-state index contributed by atoms with van der Waals surface area (Å²) in [5.41, 5.74) is 3.68. The summed E-state index contributed by atoms with van der Waals surface area (Å²) in [5.74, 6) is 1.20. The molecule has 1 N–H and O–H groups in total. The maximum Gasteiger partial charge on any atom is 0.230 e. The van der Waals surface area contributed by atoms with Crippen LogP contribution in [0.3, 0.4) is 0 Å². The Morgan fingerprint density at radius 3 is 3.13 bits per heavy atom. The van der Waals surface area contributed by atoms with Crippen LogP contribution in [0, 0.1) is 0 Å². The van der Waals surface area contributed by atoms with E-state index < -0.39 is 0 Å². The van der Waals surface area contributed by atoms with Crippen molar-refractivity contribution in [2.75, 3.05) is 5.17 Å². The highest BCUT2D eigenvalue weighted by Crippen LogP contribution is 2.22. The van der Waals surface area contributed by atoms with Gasteiger partial charge < -0.3 is 9.36 Å². The quantitative estimate of drug-likeness (QED) is 0.828. The lowest BCUT2D eigenvalue weighted by atomic mass is 10.4. The van der Waals surface area contributed by atoms with Crippen LogP contribution in [-0.4, -0.2) is 9.53 Å². The van der Waals surface area contributed by atoms with Gasteiger partial charge >= 0.3 is 0 Å². The molecule has 6 nitrogen and oxygen atoms in total. The number of aromatic nitrogens is 2. The summed E-state index contributed by atoms with van der Waals surface area (Å²) in [5, 5.41) is 7.01. The first-order valence-corrected chi connectivity index (χ1v) is 5.03. The van der Waals surface area contributed by atoms with Gasteiger partial charge in [0, 0.05) is 11.4 Å². The van der Waals surface area contributed by atoms with Crippen molar-refractivity contribution in [3.63, 3.8) is 0 Å². The standard InChI is InChI=1S/C8H6N4O2S/c1-3-13-10-8(1)12-9-5-7(14-12)6-2-4-15-11-6/h1-5,9H.